The van der Waals surface area contributed by atoms with Crippen LogP contribution in [0.2, 0.25) is 0 Å². The molecule has 2 atom stereocenters. The number of para-hydroxylation sites is 2. The fourth-order valence-electron chi connectivity index (χ4n) is 2.88. The van der Waals surface area contributed by atoms with Crippen LogP contribution in [0.3, 0.4) is 0 Å². The molecule has 1 aliphatic carbocycles. The van der Waals surface area contributed by atoms with Gasteiger partial charge >= 0.3 is 6.03 Å². The molecule has 2 aliphatic rings. The van der Waals surface area contributed by atoms with Crippen molar-refractivity contribution in [3.63, 3.8) is 0 Å². The van der Waals surface area contributed by atoms with Crippen LogP contribution >= 0.6 is 0 Å². The SMILES string of the molecule is CN(C)[C@H](CNC(=O)NC[C@H]1COc2ccccc2O1)C1CC1. The van der Waals surface area contributed by atoms with Crippen molar-refractivity contribution < 1.29 is 14.3 Å². The molecule has 0 spiro atoms. The summed E-state index contributed by atoms with van der Waals surface area (Å²) in [6.07, 6.45) is 2.36. The zero-order chi connectivity index (χ0) is 16.2. The monoisotopic (exact) mass is 319 g/mol. The minimum Gasteiger partial charge on any atom is -0.486 e. The van der Waals surface area contributed by atoms with Crippen molar-refractivity contribution in [1.29, 1.82) is 0 Å². The van der Waals surface area contributed by atoms with Crippen LogP contribution in [0, 0.1) is 5.92 Å². The second kappa shape index (κ2) is 7.08. The predicted octanol–water partition coefficient (Wildman–Crippen LogP) is 1.47. The van der Waals surface area contributed by atoms with Gasteiger partial charge in [-0.2, -0.15) is 0 Å². The van der Waals surface area contributed by atoms with Gasteiger partial charge in [0.2, 0.25) is 0 Å². The van der Waals surface area contributed by atoms with Crippen LogP contribution in [0.1, 0.15) is 12.8 Å². The van der Waals surface area contributed by atoms with E-state index >= 15 is 0 Å². The van der Waals surface area contributed by atoms with E-state index in [0.29, 0.717) is 25.7 Å². The topological polar surface area (TPSA) is 62.8 Å². The Hall–Kier alpha value is -1.95. The van der Waals surface area contributed by atoms with Crippen molar-refractivity contribution in [2.45, 2.75) is 25.0 Å². The highest BCUT2D eigenvalue weighted by atomic mass is 16.6. The number of carbonyl (C=O) groups is 1. The molecule has 1 saturated carbocycles. The van der Waals surface area contributed by atoms with Crippen LogP contribution < -0.4 is 20.1 Å². The predicted molar refractivity (Wildman–Crippen MR) is 88.0 cm³/mol. The summed E-state index contributed by atoms with van der Waals surface area (Å²) in [7, 11) is 4.13. The molecule has 6 nitrogen and oxygen atoms in total. The first-order chi connectivity index (χ1) is 11.1. The van der Waals surface area contributed by atoms with Gasteiger partial charge in [-0.3, -0.25) is 0 Å². The van der Waals surface area contributed by atoms with Gasteiger partial charge in [-0.15, -0.1) is 0 Å². The second-order valence-corrected chi connectivity index (χ2v) is 6.46. The number of hydrogen-bond acceptors (Lipinski definition) is 4. The molecule has 1 fully saturated rings. The quantitative estimate of drug-likeness (QED) is 0.833. The van der Waals surface area contributed by atoms with Crippen LogP contribution in [0.25, 0.3) is 0 Å². The molecule has 1 aliphatic heterocycles. The number of fused-ring (bicyclic) bond motifs is 1. The maximum atomic E-state index is 12.0. The number of likely N-dealkylation sites (N-methyl/N-ethyl adjacent to an activating group) is 1. The van der Waals surface area contributed by atoms with Crippen LogP contribution in [0.4, 0.5) is 4.79 Å². The molecule has 0 unspecified atom stereocenters. The minimum absolute atomic E-state index is 0.153. The maximum Gasteiger partial charge on any atom is 0.314 e. The Morgan fingerprint density at radius 2 is 2.00 bits per heavy atom. The molecule has 0 bridgehead atoms. The van der Waals surface area contributed by atoms with Gasteiger partial charge in [-0.1, -0.05) is 12.1 Å². The van der Waals surface area contributed by atoms with Gasteiger partial charge < -0.3 is 25.0 Å². The third-order valence-corrected chi connectivity index (χ3v) is 4.36. The Morgan fingerprint density at radius 3 is 2.70 bits per heavy atom. The fraction of sp³-hybridized carbons (Fsp3) is 0.588. The Kier molecular flexibility index (Phi) is 4.91. The van der Waals surface area contributed by atoms with E-state index in [1.54, 1.807) is 0 Å². The van der Waals surface area contributed by atoms with E-state index in [1.165, 1.54) is 12.8 Å². The zero-order valence-electron chi connectivity index (χ0n) is 13.7. The number of rotatable bonds is 6. The number of urea groups is 1. The van der Waals surface area contributed by atoms with Crippen LogP contribution in [0.5, 0.6) is 11.5 Å². The van der Waals surface area contributed by atoms with E-state index in [1.807, 2.05) is 24.3 Å². The highest BCUT2D eigenvalue weighted by Gasteiger charge is 2.32. The van der Waals surface area contributed by atoms with Gasteiger partial charge in [-0.25, -0.2) is 4.79 Å². The molecule has 0 radical (unpaired) electrons. The summed E-state index contributed by atoms with van der Waals surface area (Å²) in [5, 5.41) is 5.82. The normalized spacial score (nSPS) is 20.9. The van der Waals surface area contributed by atoms with Gasteiger partial charge in [0.05, 0.1) is 6.54 Å². The summed E-state index contributed by atoms with van der Waals surface area (Å²) in [6, 6.07) is 7.84. The Morgan fingerprint density at radius 1 is 1.26 bits per heavy atom. The van der Waals surface area contributed by atoms with Crippen molar-refractivity contribution in [2.75, 3.05) is 33.8 Å². The lowest BCUT2D eigenvalue weighted by Gasteiger charge is -2.27. The van der Waals surface area contributed by atoms with Crippen LogP contribution in [-0.2, 0) is 0 Å². The largest absolute Gasteiger partial charge is 0.486 e. The number of benzene rings is 1. The summed E-state index contributed by atoms with van der Waals surface area (Å²) >= 11 is 0. The third kappa shape index (κ3) is 4.28. The number of nitrogens with zero attached hydrogens (tertiary/aromatic N) is 1. The summed E-state index contributed by atoms with van der Waals surface area (Å²) in [5.74, 6) is 2.20. The van der Waals surface area contributed by atoms with Gasteiger partial charge in [-0.05, 0) is 45.0 Å². The van der Waals surface area contributed by atoms with E-state index in [-0.39, 0.29) is 12.1 Å². The summed E-state index contributed by atoms with van der Waals surface area (Å²) in [6.45, 7) is 1.55. The van der Waals surface area contributed by atoms with Crippen LogP contribution in [0.15, 0.2) is 24.3 Å². The number of hydrogen-bond donors (Lipinski definition) is 2. The molecular formula is C17H25N3O3. The first-order valence-corrected chi connectivity index (χ1v) is 8.20. The van der Waals surface area contributed by atoms with E-state index < -0.39 is 0 Å². The number of carbonyl (C=O) groups excluding carboxylic acids is 1. The smallest absolute Gasteiger partial charge is 0.314 e. The molecule has 126 valence electrons. The van der Waals surface area contributed by atoms with E-state index in [4.69, 9.17) is 9.47 Å². The Balaban J connectivity index is 1.39. The average Bonchev–Trinajstić information content (AvgIpc) is 3.37. The lowest BCUT2D eigenvalue weighted by atomic mass is 10.1. The van der Waals surface area contributed by atoms with Gasteiger partial charge in [0.25, 0.3) is 0 Å². The van der Waals surface area contributed by atoms with Crippen molar-refractivity contribution >= 4 is 6.03 Å². The van der Waals surface area contributed by atoms with Crippen molar-refractivity contribution in [1.82, 2.24) is 15.5 Å². The Labute approximate surface area is 137 Å². The first kappa shape index (κ1) is 15.9. The average molecular weight is 319 g/mol. The lowest BCUT2D eigenvalue weighted by molar-refractivity contribution is 0.0917. The first-order valence-electron chi connectivity index (χ1n) is 8.20. The van der Waals surface area contributed by atoms with E-state index in [2.05, 4.69) is 29.6 Å². The second-order valence-electron chi connectivity index (χ2n) is 6.46. The van der Waals surface area contributed by atoms with Gasteiger partial charge in [0.1, 0.15) is 6.61 Å². The summed E-state index contributed by atoms with van der Waals surface area (Å²) in [4.78, 5) is 14.2. The van der Waals surface area contributed by atoms with E-state index in [0.717, 1.165) is 17.4 Å². The van der Waals surface area contributed by atoms with E-state index in [9.17, 15) is 4.79 Å². The summed E-state index contributed by atoms with van der Waals surface area (Å²) in [5.41, 5.74) is 0. The van der Waals surface area contributed by atoms with Crippen LogP contribution in [-0.4, -0.2) is 56.9 Å². The molecule has 23 heavy (non-hydrogen) atoms. The lowest BCUT2D eigenvalue weighted by Crippen LogP contribution is -2.48. The van der Waals surface area contributed by atoms with Gasteiger partial charge in [0.15, 0.2) is 17.6 Å². The molecule has 1 aromatic rings. The van der Waals surface area contributed by atoms with Gasteiger partial charge in [0, 0.05) is 12.6 Å². The van der Waals surface area contributed by atoms with Crippen molar-refractivity contribution in [2.24, 2.45) is 5.92 Å². The summed E-state index contributed by atoms with van der Waals surface area (Å²) < 4.78 is 11.5. The fourth-order valence-corrected chi connectivity index (χ4v) is 2.88. The molecule has 2 N–H and O–H groups in total. The third-order valence-electron chi connectivity index (χ3n) is 4.36. The van der Waals surface area contributed by atoms with Crippen molar-refractivity contribution in [3.8, 4) is 11.5 Å². The maximum absolute atomic E-state index is 12.0. The van der Waals surface area contributed by atoms with Crippen molar-refractivity contribution in [3.05, 3.63) is 24.3 Å². The molecule has 1 heterocycles. The highest BCUT2D eigenvalue weighted by molar-refractivity contribution is 5.73. The molecule has 0 aromatic heterocycles. The zero-order valence-corrected chi connectivity index (χ0v) is 13.7. The molecular weight excluding hydrogens is 294 g/mol. The standard InChI is InChI=1S/C17H25N3O3/c1-20(2)14(12-7-8-12)10-19-17(21)18-9-13-11-22-15-5-3-4-6-16(15)23-13/h3-6,12-14H,7-11H2,1-2H3,(H2,18,19,21)/t13-,14+/m0/s1. The number of nitrogens with one attached hydrogen (secondary N) is 2. The molecule has 0 saturated heterocycles. The minimum atomic E-state index is -0.163. The number of ether oxygens (including phenoxy) is 2. The molecule has 6 heteroatoms. The highest BCUT2D eigenvalue weighted by Crippen LogP contribution is 2.34. The molecule has 3 rings (SSSR count). The Bertz CT molecular complexity index is 544. The number of amides is 2. The molecule has 1 aromatic carbocycles. The molecule has 2 amide bonds.